The van der Waals surface area contributed by atoms with Crippen molar-refractivity contribution in [3.05, 3.63) is 48.8 Å². The normalized spacial score (nSPS) is 39.0. The first-order chi connectivity index (χ1) is 58.7. The largest absolute Gasteiger partial charge is 0.394 e. The number of nitrogens with zero attached hydrogens (tertiary/aromatic N) is 2. The summed E-state index contributed by atoms with van der Waals surface area (Å²) < 4.78 is 96.1. The minimum Gasteiger partial charge on any atom is -0.394 e. The predicted octanol–water partition coefficient (Wildman–Crippen LogP) is -8.25. The molecule has 694 valence electrons. The minimum absolute atomic E-state index is 0.0197. The molecule has 43 nitrogen and oxygen atoms in total. The van der Waals surface area contributed by atoms with E-state index in [4.69, 9.17) is 75.8 Å². The molecule has 0 spiro atoms. The van der Waals surface area contributed by atoms with Crippen molar-refractivity contribution in [1.82, 2.24) is 25.9 Å². The molecular weight excluding hydrogens is 1750 g/mol. The molecule has 21 aliphatic heterocycles. The highest BCUT2D eigenvalue weighted by molar-refractivity contribution is 8.77. The van der Waals surface area contributed by atoms with Gasteiger partial charge in [-0.2, -0.15) is 23.5 Å². The van der Waals surface area contributed by atoms with Gasteiger partial charge < -0.3 is 184 Å². The molecule has 23 rings (SSSR count). The smallest absolute Gasteiger partial charge is 0.238 e. The Morgan fingerprint density at radius 2 is 0.779 bits per heavy atom. The van der Waals surface area contributed by atoms with Gasteiger partial charge in [-0.1, -0.05) is 33.7 Å². The van der Waals surface area contributed by atoms with E-state index in [1.165, 1.54) is 50.1 Å². The van der Waals surface area contributed by atoms with E-state index in [9.17, 15) is 111 Å². The van der Waals surface area contributed by atoms with Gasteiger partial charge in [0.15, 0.2) is 44.0 Å². The number of amides is 2. The number of ketones is 2. The van der Waals surface area contributed by atoms with Gasteiger partial charge in [0.25, 0.3) is 0 Å². The second kappa shape index (κ2) is 50.6. The number of thioether (sulfide) groups is 2. The molecule has 2 amide bonds. The summed E-state index contributed by atoms with van der Waals surface area (Å²) in [7, 11) is 7.18. The lowest BCUT2D eigenvalue weighted by molar-refractivity contribution is -0.394. The van der Waals surface area contributed by atoms with E-state index in [2.05, 4.69) is 25.9 Å². The highest BCUT2D eigenvalue weighted by Gasteiger charge is 2.59. The average Bonchev–Trinajstić information content (AvgIpc) is 0.790. The van der Waals surface area contributed by atoms with Crippen molar-refractivity contribution in [2.75, 3.05) is 114 Å². The van der Waals surface area contributed by atoms with Crippen molar-refractivity contribution in [1.29, 1.82) is 0 Å². The Morgan fingerprint density at radius 1 is 0.426 bits per heavy atom. The highest BCUT2D eigenvalue weighted by atomic mass is 33.1. The lowest BCUT2D eigenvalue weighted by Gasteiger charge is -2.50. The van der Waals surface area contributed by atoms with Crippen LogP contribution in [0.3, 0.4) is 0 Å². The Hall–Kier alpha value is -2.72. The summed E-state index contributed by atoms with van der Waals surface area (Å²) in [5.41, 5.74) is 0. The predicted molar refractivity (Wildman–Crippen MR) is 426 cm³/mol. The molecule has 36 atom stereocenters. The number of aliphatic hydroxyl groups is 18. The van der Waals surface area contributed by atoms with Crippen LogP contribution >= 0.6 is 66.7 Å². The zero-order chi connectivity index (χ0) is 87.8. The van der Waals surface area contributed by atoms with E-state index in [1.807, 2.05) is 18.2 Å². The molecule has 122 heavy (non-hydrogen) atoms. The summed E-state index contributed by atoms with van der Waals surface area (Å²) >= 11 is 2.02. The van der Waals surface area contributed by atoms with Gasteiger partial charge in [0.1, 0.15) is 168 Å². The van der Waals surface area contributed by atoms with Gasteiger partial charge >= 0.3 is 0 Å². The third kappa shape index (κ3) is 27.5. The first-order valence-corrected chi connectivity index (χ1v) is 46.7. The van der Waals surface area contributed by atoms with Crippen LogP contribution in [0, 0.1) is 5.92 Å². The molecule has 14 bridgehead atoms. The zero-order valence-corrected chi connectivity index (χ0v) is 71.2. The number of pyridine rings is 2. The summed E-state index contributed by atoms with van der Waals surface area (Å²) in [6.45, 7) is -3.01. The molecule has 21 aliphatic rings. The number of hydrogen-bond donors (Lipinski definition) is 21. The third-order valence-electron chi connectivity index (χ3n) is 21.0. The van der Waals surface area contributed by atoms with Crippen molar-refractivity contribution in [3.63, 3.8) is 0 Å². The Balaban J connectivity index is 0.905. The Bertz CT molecular complexity index is 3430. The van der Waals surface area contributed by atoms with E-state index < -0.39 is 278 Å². The maximum Gasteiger partial charge on any atom is 0.238 e. The fourth-order valence-corrected chi connectivity index (χ4v) is 20.2. The first-order valence-electron chi connectivity index (χ1n) is 39.7. The van der Waals surface area contributed by atoms with E-state index in [0.717, 1.165) is 28.5 Å². The third-order valence-corrected chi connectivity index (χ3v) is 27.9. The van der Waals surface area contributed by atoms with Gasteiger partial charge in [0, 0.05) is 85.7 Å². The van der Waals surface area contributed by atoms with E-state index in [-0.39, 0.29) is 87.6 Å². The number of rotatable bonds is 37. The molecule has 21 fully saturated rings. The monoisotopic (exact) mass is 1860 g/mol. The summed E-state index contributed by atoms with van der Waals surface area (Å²) in [6, 6.07) is 9.98. The van der Waals surface area contributed by atoms with Gasteiger partial charge in [-0.3, -0.25) is 19.2 Å². The van der Waals surface area contributed by atoms with Crippen LogP contribution in [0.1, 0.15) is 32.6 Å². The van der Waals surface area contributed by atoms with Crippen molar-refractivity contribution >= 4 is 90.1 Å². The lowest BCUT2D eigenvalue weighted by Crippen LogP contribution is -2.68. The second-order valence-electron chi connectivity index (χ2n) is 29.7. The van der Waals surface area contributed by atoms with Crippen LogP contribution in [0.2, 0.25) is 0 Å². The zero-order valence-electron chi connectivity index (χ0n) is 66.3. The van der Waals surface area contributed by atoms with Crippen LogP contribution in [-0.4, -0.2) is 454 Å². The van der Waals surface area contributed by atoms with Crippen LogP contribution in [-0.2, 0) is 95.0 Å². The molecule has 0 aromatic carbocycles. The van der Waals surface area contributed by atoms with E-state index >= 15 is 0 Å². The Labute approximate surface area is 725 Å². The molecule has 2 aromatic heterocycles. The summed E-state index contributed by atoms with van der Waals surface area (Å²) in [5, 5.41) is 219. The number of nitrogens with one attached hydrogen (secondary N) is 3. The molecule has 0 saturated carbocycles. The second-order valence-corrected chi connectivity index (χ2v) is 36.7. The van der Waals surface area contributed by atoms with Crippen LogP contribution < -0.4 is 16.0 Å². The number of carbonyl (C=O) groups is 4. The number of ether oxygens (including phenoxy) is 16. The number of likely N-dealkylation sites (N-methyl/N-ethyl adjacent to an activating group) is 1. The molecule has 21 saturated heterocycles. The number of carbonyl (C=O) groups excluding carboxylic acids is 4. The molecule has 0 aliphatic carbocycles. The Morgan fingerprint density at radius 3 is 1.16 bits per heavy atom. The topological polar surface area (TPSA) is 642 Å². The SMILES string of the molecule is CN[C@H](CSCC1O[C@@H]2O[C@H]3CC(O)[C@@H](OC3CO)O[C@H]3C(CO)O[C@@H](O[C@H]4C(CO)O[C@@H](O[C@H]5C(CSC[C@@H](CC(=O)CCOCCOCCC(C)=O)C(=O)NCCSSc6ccccn6)O[C@@H](O[C@H]6C(CO)O[C@@H](O[C@H]7C(CO)O[C@H](O[C@@H]1[C@H](O)C2O)C(O)[C@H]7O)C(O)[C@H]6O)C(O)[C@H]5O)C(O)[C@H]4O)C(O)[C@H]3O)C(=O)NCCSSc1ccccn1. The summed E-state index contributed by atoms with van der Waals surface area (Å²) in [4.78, 5) is 61.3. The summed E-state index contributed by atoms with van der Waals surface area (Å²) in [6.07, 6.45) is -64.6. The van der Waals surface area contributed by atoms with Crippen molar-refractivity contribution < 1.29 is 187 Å². The van der Waals surface area contributed by atoms with Crippen molar-refractivity contribution in [2.45, 2.75) is 258 Å². The molecule has 21 N–H and O–H groups in total. The number of aliphatic hydroxyl groups excluding tert-OH is 18. The molecule has 0 radical (unpaired) electrons. The summed E-state index contributed by atoms with van der Waals surface area (Å²) in [5.74, 6) is -2.37. The van der Waals surface area contributed by atoms with Crippen molar-refractivity contribution in [3.8, 4) is 0 Å². The van der Waals surface area contributed by atoms with E-state index in [0.29, 0.717) is 16.5 Å². The van der Waals surface area contributed by atoms with Crippen LogP contribution in [0.5, 0.6) is 0 Å². The highest BCUT2D eigenvalue weighted by Crippen LogP contribution is 2.41. The van der Waals surface area contributed by atoms with Gasteiger partial charge in [0.2, 0.25) is 11.8 Å². The van der Waals surface area contributed by atoms with Gasteiger partial charge in [-0.05, 0) is 59.8 Å². The number of aromatic nitrogens is 2. The average molecular weight is 1860 g/mol. The standard InChI is InChI=1S/C73H113N5O38S6/c1-32(84)9-15-101-17-18-102-16-10-34(85)21-33(65(99)77-13-19-119-121-45-7-3-5-11-75-45)28-117-30-43-63-52(92)58(98)73(110-43)114-62-42(27-83)106-70(55(95)48(62)88)113-61-41(26-82)108-72(57(97)50(61)90)116-64-44(31-118-29-35(74-2)66(100)78-14-20-120-122-46-8-4-6-12-76-46)109-68(53(93)51(64)91)103-37-22-36(86)67(104-38(37)23-79)111-59-39(24-80)105-69(54(94)47(59)87)112-60-40(25-81)107-71(115-63)56(96)49(60)89/h3-8,11-12,33,35-44,47-64,67-74,79-83,86-98H,9-10,13-31H2,1-2H3,(H,77,99)(H,78,100)/t33-,35-,36?,37+,38?,39?,40?,41?,42?,43?,44?,47-,48-,49-,50-,51-,52-,53?,54?,55?,56?,57?,58?,59+,60+,61+,62+,63+,64+,67+,68+,69+,70+,71+,72-,73+/m1/s1. The van der Waals surface area contributed by atoms with Gasteiger partial charge in [-0.15, -0.1) is 0 Å². The van der Waals surface area contributed by atoms with Crippen LogP contribution in [0.25, 0.3) is 0 Å². The van der Waals surface area contributed by atoms with Gasteiger partial charge in [0.05, 0.1) is 89.7 Å². The van der Waals surface area contributed by atoms with Crippen LogP contribution in [0.4, 0.5) is 0 Å². The molecular formula is C73H113N5O38S6. The molecule has 14 unspecified atom stereocenters. The first kappa shape index (κ1) is 101. The fourth-order valence-electron chi connectivity index (χ4n) is 14.3. The maximum atomic E-state index is 14.2. The van der Waals surface area contributed by atoms with E-state index in [1.54, 1.807) is 37.6 Å². The van der Waals surface area contributed by atoms with Crippen molar-refractivity contribution in [2.24, 2.45) is 5.92 Å². The van der Waals surface area contributed by atoms with Gasteiger partial charge in [-0.25, -0.2) is 9.97 Å². The minimum atomic E-state index is -2.29. The number of hydrogen-bond acceptors (Lipinski definition) is 47. The Kier molecular flexibility index (Phi) is 42.1. The number of Topliss-reactive ketones (excluding diaryl/α,β-unsaturated/α-hetero) is 2. The van der Waals surface area contributed by atoms with Crippen LogP contribution in [0.15, 0.2) is 58.8 Å². The fraction of sp³-hybridized carbons (Fsp3) is 0.808. The quantitative estimate of drug-likeness (QED) is 0.0221. The molecule has 49 heteroatoms. The molecule has 23 heterocycles. The molecule has 2 aromatic rings. The lowest BCUT2D eigenvalue weighted by atomic mass is 9.95. The maximum absolute atomic E-state index is 14.2.